The number of hydrogen-bond donors (Lipinski definition) is 0. The molecule has 3 rings (SSSR count). The predicted octanol–water partition coefficient (Wildman–Crippen LogP) is 6.79. The summed E-state index contributed by atoms with van der Waals surface area (Å²) in [7, 11) is 0. The Morgan fingerprint density at radius 3 is 1.77 bits per heavy atom. The molecular formula is C21H12F6O2S. The highest BCUT2D eigenvalue weighted by molar-refractivity contribution is 7.99. The van der Waals surface area contributed by atoms with Crippen molar-refractivity contribution in [3.63, 3.8) is 0 Å². The maximum absolute atomic E-state index is 13.2. The molecule has 0 unspecified atom stereocenters. The molecule has 0 spiro atoms. The van der Waals surface area contributed by atoms with Crippen LogP contribution in [0.5, 0.6) is 0 Å². The van der Waals surface area contributed by atoms with E-state index in [-0.39, 0.29) is 15.7 Å². The number of rotatable bonds is 4. The maximum atomic E-state index is 13.2. The van der Waals surface area contributed by atoms with E-state index in [4.69, 9.17) is 0 Å². The van der Waals surface area contributed by atoms with E-state index < -0.39 is 35.0 Å². The van der Waals surface area contributed by atoms with Crippen molar-refractivity contribution < 1.29 is 35.9 Å². The van der Waals surface area contributed by atoms with Gasteiger partial charge >= 0.3 is 12.4 Å². The third-order valence-corrected chi connectivity index (χ3v) is 5.39. The van der Waals surface area contributed by atoms with E-state index >= 15 is 0 Å². The maximum Gasteiger partial charge on any atom is 0.454 e. The fourth-order valence-corrected chi connectivity index (χ4v) is 3.90. The fourth-order valence-electron chi connectivity index (χ4n) is 2.84. The van der Waals surface area contributed by atoms with Crippen molar-refractivity contribution in [2.45, 2.75) is 29.1 Å². The number of hydrogen-bond acceptors (Lipinski definition) is 3. The zero-order chi connectivity index (χ0) is 22.3. The molecule has 3 aromatic carbocycles. The summed E-state index contributed by atoms with van der Waals surface area (Å²) >= 11 is 0.811. The van der Waals surface area contributed by atoms with Crippen LogP contribution in [0.3, 0.4) is 0 Å². The first-order chi connectivity index (χ1) is 13.9. The van der Waals surface area contributed by atoms with Gasteiger partial charge in [-0.3, -0.25) is 9.59 Å². The summed E-state index contributed by atoms with van der Waals surface area (Å²) < 4.78 is 78.8. The Morgan fingerprint density at radius 2 is 1.23 bits per heavy atom. The van der Waals surface area contributed by atoms with E-state index in [1.54, 1.807) is 31.2 Å². The lowest BCUT2D eigenvalue weighted by Gasteiger charge is -2.17. The molecule has 156 valence electrons. The van der Waals surface area contributed by atoms with Crippen molar-refractivity contribution >= 4 is 34.1 Å². The van der Waals surface area contributed by atoms with Crippen molar-refractivity contribution in [2.24, 2.45) is 0 Å². The van der Waals surface area contributed by atoms with Gasteiger partial charge in [0, 0.05) is 20.9 Å². The largest absolute Gasteiger partial charge is 0.454 e. The standard InChI is InChI=1S/C21H12F6O2S/c1-11-6-8-12(9-7-11)30-17-14-5-3-2-4-13(14)15(18(28)20(22,23)24)10-16(17)19(29)21(25,26)27/h2-10H,1H3. The molecule has 0 amide bonds. The van der Waals surface area contributed by atoms with Crippen LogP contribution in [0, 0.1) is 6.92 Å². The number of carbonyl (C=O) groups excluding carboxylic acids is 2. The number of Topliss-reactive ketones (excluding diaryl/α,β-unsaturated/α-hetero) is 2. The van der Waals surface area contributed by atoms with Crippen molar-refractivity contribution in [3.8, 4) is 0 Å². The van der Waals surface area contributed by atoms with E-state index in [1.807, 2.05) is 0 Å². The average molecular weight is 442 g/mol. The smallest absolute Gasteiger partial charge is 0.284 e. The lowest BCUT2D eigenvalue weighted by atomic mass is 9.95. The number of ketones is 2. The molecule has 2 nitrogen and oxygen atoms in total. The Kier molecular flexibility index (Phi) is 5.68. The number of alkyl halides is 6. The second kappa shape index (κ2) is 7.79. The molecule has 0 atom stereocenters. The van der Waals surface area contributed by atoms with Gasteiger partial charge in [0.15, 0.2) is 0 Å². The van der Waals surface area contributed by atoms with Gasteiger partial charge in [0.2, 0.25) is 0 Å². The first-order valence-electron chi connectivity index (χ1n) is 8.43. The minimum absolute atomic E-state index is 0.0502. The van der Waals surface area contributed by atoms with Gasteiger partial charge in [-0.05, 0) is 35.9 Å². The topological polar surface area (TPSA) is 34.1 Å². The zero-order valence-corrected chi connectivity index (χ0v) is 16.0. The van der Waals surface area contributed by atoms with Crippen LogP contribution in [0.25, 0.3) is 10.8 Å². The normalized spacial score (nSPS) is 12.2. The molecule has 0 aromatic heterocycles. The molecule has 0 aliphatic heterocycles. The SMILES string of the molecule is Cc1ccc(Sc2c(C(=O)C(F)(F)F)cc(C(=O)C(F)(F)F)c3ccccc23)cc1. The minimum atomic E-state index is -5.33. The van der Waals surface area contributed by atoms with Crippen LogP contribution in [-0.4, -0.2) is 23.9 Å². The molecule has 30 heavy (non-hydrogen) atoms. The Labute approximate surface area is 170 Å². The van der Waals surface area contributed by atoms with Crippen LogP contribution in [-0.2, 0) is 0 Å². The number of aryl methyl sites for hydroxylation is 1. The summed E-state index contributed by atoms with van der Waals surface area (Å²) in [4.78, 5) is 24.3. The molecule has 0 bridgehead atoms. The van der Waals surface area contributed by atoms with Crippen molar-refractivity contribution in [1.82, 2.24) is 0 Å². The summed E-state index contributed by atoms with van der Waals surface area (Å²) in [6.45, 7) is 1.81. The van der Waals surface area contributed by atoms with Crippen LogP contribution >= 0.6 is 11.8 Å². The van der Waals surface area contributed by atoms with E-state index in [0.717, 1.165) is 17.3 Å². The van der Waals surface area contributed by atoms with E-state index in [0.29, 0.717) is 11.0 Å². The highest BCUT2D eigenvalue weighted by Gasteiger charge is 2.44. The summed E-state index contributed by atoms with van der Waals surface area (Å²) in [5.41, 5.74) is -1.11. The zero-order valence-electron chi connectivity index (χ0n) is 15.2. The first-order valence-corrected chi connectivity index (χ1v) is 9.24. The van der Waals surface area contributed by atoms with E-state index in [2.05, 4.69) is 0 Å². The third kappa shape index (κ3) is 4.35. The number of carbonyl (C=O) groups is 2. The second-order valence-corrected chi connectivity index (χ2v) is 7.50. The Hall–Kier alpha value is -2.81. The molecule has 0 heterocycles. The van der Waals surface area contributed by atoms with Crippen molar-refractivity contribution in [1.29, 1.82) is 0 Å². The van der Waals surface area contributed by atoms with Crippen LogP contribution < -0.4 is 0 Å². The predicted molar refractivity (Wildman–Crippen MR) is 100 cm³/mol. The van der Waals surface area contributed by atoms with Crippen molar-refractivity contribution in [3.05, 3.63) is 71.3 Å². The van der Waals surface area contributed by atoms with Gasteiger partial charge in [0.05, 0.1) is 0 Å². The van der Waals surface area contributed by atoms with Gasteiger partial charge in [-0.2, -0.15) is 26.3 Å². The van der Waals surface area contributed by atoms with E-state index in [1.165, 1.54) is 24.3 Å². The average Bonchev–Trinajstić information content (AvgIpc) is 2.67. The van der Waals surface area contributed by atoms with Gasteiger partial charge in [-0.15, -0.1) is 0 Å². The molecule has 0 aliphatic rings. The molecule has 0 N–H and O–H groups in total. The second-order valence-electron chi connectivity index (χ2n) is 6.42. The highest BCUT2D eigenvalue weighted by Crippen LogP contribution is 2.41. The van der Waals surface area contributed by atoms with Crippen LogP contribution in [0.4, 0.5) is 26.3 Å². The van der Waals surface area contributed by atoms with Gasteiger partial charge in [0.25, 0.3) is 11.6 Å². The molecule has 0 aliphatic carbocycles. The first kappa shape index (κ1) is 21.9. The summed E-state index contributed by atoms with van der Waals surface area (Å²) in [6, 6.07) is 12.3. The Bertz CT molecular complexity index is 1130. The third-order valence-electron chi connectivity index (χ3n) is 4.24. The lowest BCUT2D eigenvalue weighted by molar-refractivity contribution is -0.0888. The van der Waals surface area contributed by atoms with Crippen LogP contribution in [0.15, 0.2) is 64.4 Å². The highest BCUT2D eigenvalue weighted by atomic mass is 32.2. The molecule has 0 radical (unpaired) electrons. The van der Waals surface area contributed by atoms with Gasteiger partial charge < -0.3 is 0 Å². The fraction of sp³-hybridized carbons (Fsp3) is 0.143. The number of benzene rings is 3. The summed E-state index contributed by atoms with van der Waals surface area (Å²) in [5, 5.41) is -0.237. The molecule has 3 aromatic rings. The van der Waals surface area contributed by atoms with Crippen LogP contribution in [0.2, 0.25) is 0 Å². The molecule has 0 fully saturated rings. The van der Waals surface area contributed by atoms with Gasteiger partial charge in [0.1, 0.15) is 0 Å². The molecular weight excluding hydrogens is 430 g/mol. The molecule has 0 saturated carbocycles. The van der Waals surface area contributed by atoms with Gasteiger partial charge in [-0.25, -0.2) is 0 Å². The van der Waals surface area contributed by atoms with E-state index in [9.17, 15) is 35.9 Å². The Balaban J connectivity index is 2.34. The molecule has 9 heteroatoms. The van der Waals surface area contributed by atoms with Crippen LogP contribution in [0.1, 0.15) is 26.3 Å². The quantitative estimate of drug-likeness (QED) is 0.330. The van der Waals surface area contributed by atoms with Crippen molar-refractivity contribution in [2.75, 3.05) is 0 Å². The van der Waals surface area contributed by atoms with Gasteiger partial charge in [-0.1, -0.05) is 53.7 Å². The number of fused-ring (bicyclic) bond motifs is 1. The minimum Gasteiger partial charge on any atom is -0.284 e. The Morgan fingerprint density at radius 1 is 0.733 bits per heavy atom. The molecule has 0 saturated heterocycles. The lowest BCUT2D eigenvalue weighted by Crippen LogP contribution is -2.26. The summed E-state index contributed by atoms with van der Waals surface area (Å²) in [5.74, 6) is -4.64. The monoisotopic (exact) mass is 442 g/mol. The number of halogens is 6. The summed E-state index contributed by atoms with van der Waals surface area (Å²) in [6.07, 6.45) is -10.6.